The van der Waals surface area contributed by atoms with E-state index in [-0.39, 0.29) is 16.8 Å². The molecular formula is C11H14N3O4-. The van der Waals surface area contributed by atoms with E-state index >= 15 is 0 Å². The molecular weight excluding hydrogens is 238 g/mol. The zero-order chi connectivity index (χ0) is 13.1. The van der Waals surface area contributed by atoms with Gasteiger partial charge in [0.1, 0.15) is 0 Å². The van der Waals surface area contributed by atoms with Gasteiger partial charge in [0.2, 0.25) is 5.91 Å². The molecule has 1 heterocycles. The van der Waals surface area contributed by atoms with Crippen LogP contribution < -0.4 is 15.9 Å². The first-order chi connectivity index (χ1) is 8.56. The van der Waals surface area contributed by atoms with E-state index in [4.69, 9.17) is 5.21 Å². The van der Waals surface area contributed by atoms with Crippen molar-refractivity contribution in [3.05, 3.63) is 29.5 Å². The molecule has 4 N–H and O–H groups in total. The van der Waals surface area contributed by atoms with Crippen molar-refractivity contribution in [2.45, 2.75) is 18.6 Å². The van der Waals surface area contributed by atoms with Crippen LogP contribution in [0, 0.1) is 5.21 Å². The molecule has 0 saturated carbocycles. The smallest absolute Gasteiger partial charge is 0.241 e. The Morgan fingerprint density at radius 3 is 2.61 bits per heavy atom. The maximum atomic E-state index is 11.8. The minimum absolute atomic E-state index is 0.0856. The molecule has 7 heteroatoms. The van der Waals surface area contributed by atoms with Crippen LogP contribution in [0.2, 0.25) is 0 Å². The summed E-state index contributed by atoms with van der Waals surface area (Å²) in [5.74, 6) is -0.234. The minimum Gasteiger partial charge on any atom is -0.733 e. The third-order valence-electron chi connectivity index (χ3n) is 2.78. The number of hydrogen-bond donors (Lipinski definition) is 4. The molecule has 0 aliphatic carbocycles. The second kappa shape index (κ2) is 5.32. The fraction of sp³-hybridized carbons (Fsp3) is 0.364. The van der Waals surface area contributed by atoms with Gasteiger partial charge in [0.15, 0.2) is 0 Å². The van der Waals surface area contributed by atoms with Gasteiger partial charge in [-0.2, -0.15) is 0 Å². The lowest BCUT2D eigenvalue weighted by Crippen LogP contribution is -2.35. The third kappa shape index (κ3) is 2.96. The number of aliphatic hydroxyl groups excluding tert-OH is 1. The Kier molecular flexibility index (Phi) is 3.78. The van der Waals surface area contributed by atoms with Crippen LogP contribution in [0.3, 0.4) is 0 Å². The molecule has 2 rings (SSSR count). The maximum Gasteiger partial charge on any atom is 0.241 e. The number of carbonyl (C=O) groups is 1. The van der Waals surface area contributed by atoms with Gasteiger partial charge in [-0.1, -0.05) is 0 Å². The van der Waals surface area contributed by atoms with Crippen LogP contribution >= 0.6 is 0 Å². The normalized spacial score (nSPS) is 22.8. The predicted octanol–water partition coefficient (Wildman–Crippen LogP) is 0.0413. The molecule has 7 nitrogen and oxygen atoms in total. The molecule has 1 saturated heterocycles. The van der Waals surface area contributed by atoms with Crippen LogP contribution in [-0.4, -0.2) is 34.9 Å². The summed E-state index contributed by atoms with van der Waals surface area (Å²) >= 11 is 0. The first kappa shape index (κ1) is 12.8. The van der Waals surface area contributed by atoms with Crippen LogP contribution in [0.1, 0.15) is 6.42 Å². The molecule has 1 aliphatic rings. The lowest BCUT2D eigenvalue weighted by molar-refractivity contribution is -0.117. The number of nitrogens with zero attached hydrogens (tertiary/aromatic N) is 1. The Balaban J connectivity index is 1.95. The zero-order valence-corrected chi connectivity index (χ0v) is 9.54. The van der Waals surface area contributed by atoms with Gasteiger partial charge in [-0.15, -0.1) is 0 Å². The van der Waals surface area contributed by atoms with Crippen molar-refractivity contribution in [1.82, 2.24) is 5.32 Å². The highest BCUT2D eigenvalue weighted by Gasteiger charge is 2.27. The van der Waals surface area contributed by atoms with Crippen molar-refractivity contribution < 1.29 is 15.1 Å². The SMILES string of the molecule is O=C(Nc1ccc(N([O-])O)cc1)[C@@H]1C[C@H](O)CN1. The topological polar surface area (TPSA) is 108 Å². The average molecular weight is 252 g/mol. The van der Waals surface area contributed by atoms with E-state index in [2.05, 4.69) is 10.6 Å². The fourth-order valence-electron chi connectivity index (χ4n) is 1.82. The van der Waals surface area contributed by atoms with E-state index in [0.29, 0.717) is 18.7 Å². The minimum atomic E-state index is -0.494. The van der Waals surface area contributed by atoms with E-state index in [0.717, 1.165) is 0 Å². The van der Waals surface area contributed by atoms with Gasteiger partial charge < -0.3 is 26.2 Å². The highest BCUT2D eigenvalue weighted by molar-refractivity contribution is 5.95. The average Bonchev–Trinajstić information content (AvgIpc) is 2.76. The number of carbonyl (C=O) groups excluding carboxylic acids is 1. The third-order valence-corrected chi connectivity index (χ3v) is 2.78. The molecule has 0 radical (unpaired) electrons. The van der Waals surface area contributed by atoms with E-state index in [9.17, 15) is 15.1 Å². The summed E-state index contributed by atoms with van der Waals surface area (Å²) in [5, 5.41) is 33.8. The van der Waals surface area contributed by atoms with Crippen molar-refractivity contribution in [2.75, 3.05) is 17.1 Å². The Bertz CT molecular complexity index is 421. The van der Waals surface area contributed by atoms with E-state index in [1.54, 1.807) is 0 Å². The van der Waals surface area contributed by atoms with E-state index in [1.165, 1.54) is 24.3 Å². The quantitative estimate of drug-likeness (QED) is 0.566. The number of rotatable bonds is 3. The Morgan fingerprint density at radius 1 is 1.44 bits per heavy atom. The monoisotopic (exact) mass is 252 g/mol. The molecule has 1 aromatic rings. The highest BCUT2D eigenvalue weighted by Crippen LogP contribution is 2.17. The maximum absolute atomic E-state index is 11.8. The molecule has 0 spiro atoms. The summed E-state index contributed by atoms with van der Waals surface area (Å²) < 4.78 is 0. The predicted molar refractivity (Wildman–Crippen MR) is 65.1 cm³/mol. The van der Waals surface area contributed by atoms with Gasteiger partial charge >= 0.3 is 0 Å². The first-order valence-electron chi connectivity index (χ1n) is 5.55. The van der Waals surface area contributed by atoms with Gasteiger partial charge in [-0.25, -0.2) is 0 Å². The van der Waals surface area contributed by atoms with Gasteiger partial charge in [-0.3, -0.25) is 10.0 Å². The van der Waals surface area contributed by atoms with Crippen molar-refractivity contribution in [3.8, 4) is 0 Å². The molecule has 1 amide bonds. The zero-order valence-electron chi connectivity index (χ0n) is 9.54. The first-order valence-corrected chi connectivity index (χ1v) is 5.55. The van der Waals surface area contributed by atoms with Gasteiger partial charge in [0.05, 0.1) is 17.8 Å². The fourth-order valence-corrected chi connectivity index (χ4v) is 1.82. The molecule has 2 atom stereocenters. The van der Waals surface area contributed by atoms with Crippen LogP contribution in [0.5, 0.6) is 0 Å². The largest absolute Gasteiger partial charge is 0.733 e. The number of aliphatic hydroxyl groups is 1. The van der Waals surface area contributed by atoms with Crippen molar-refractivity contribution in [3.63, 3.8) is 0 Å². The van der Waals surface area contributed by atoms with Gasteiger partial charge in [0, 0.05) is 12.2 Å². The van der Waals surface area contributed by atoms with Crippen LogP contribution in [-0.2, 0) is 4.79 Å². The van der Waals surface area contributed by atoms with E-state index in [1.807, 2.05) is 0 Å². The van der Waals surface area contributed by atoms with Crippen LogP contribution in [0.4, 0.5) is 11.4 Å². The summed E-state index contributed by atoms with van der Waals surface area (Å²) in [6.45, 7) is 0.409. The number of hydrogen-bond acceptors (Lipinski definition) is 6. The van der Waals surface area contributed by atoms with E-state index < -0.39 is 12.1 Å². The van der Waals surface area contributed by atoms with Crippen LogP contribution in [0.15, 0.2) is 24.3 Å². The Labute approximate surface area is 104 Å². The molecule has 1 fully saturated rings. The highest BCUT2D eigenvalue weighted by atomic mass is 16.8. The molecule has 18 heavy (non-hydrogen) atoms. The second-order valence-corrected chi connectivity index (χ2v) is 4.16. The summed E-state index contributed by atoms with van der Waals surface area (Å²) in [6.07, 6.45) is -0.110. The van der Waals surface area contributed by atoms with Crippen molar-refractivity contribution >= 4 is 17.3 Å². The number of amides is 1. The standard InChI is InChI=1S/C11H14N3O4/c15-9-5-10(12-6-9)11(16)13-7-1-3-8(4-2-7)14(17)18/h1-4,9-10,12,15,17H,5-6H2,(H,13,16)/q-1/t9-,10-/m0/s1. The molecule has 1 aromatic carbocycles. The van der Waals surface area contributed by atoms with Crippen LogP contribution in [0.25, 0.3) is 0 Å². The number of anilines is 2. The van der Waals surface area contributed by atoms with Crippen molar-refractivity contribution in [1.29, 1.82) is 0 Å². The molecule has 0 unspecified atom stereocenters. The number of β-amino-alcohol motifs (C(OH)–C–C–N with tert-alkyl or cyclic N) is 1. The summed E-state index contributed by atoms with van der Waals surface area (Å²) in [6, 6.07) is 5.40. The van der Waals surface area contributed by atoms with Crippen molar-refractivity contribution in [2.24, 2.45) is 0 Å². The number of nitrogens with one attached hydrogen (secondary N) is 2. The lowest BCUT2D eigenvalue weighted by atomic mass is 10.2. The lowest BCUT2D eigenvalue weighted by Gasteiger charge is -2.21. The summed E-state index contributed by atoms with van der Waals surface area (Å²) in [7, 11) is 0. The molecule has 0 bridgehead atoms. The molecule has 0 aromatic heterocycles. The second-order valence-electron chi connectivity index (χ2n) is 4.16. The molecule has 1 aliphatic heterocycles. The summed E-state index contributed by atoms with van der Waals surface area (Å²) in [4.78, 5) is 11.8. The van der Waals surface area contributed by atoms with Gasteiger partial charge in [-0.05, 0) is 30.7 Å². The van der Waals surface area contributed by atoms with Gasteiger partial charge in [0.25, 0.3) is 0 Å². The number of benzene rings is 1. The Morgan fingerprint density at radius 2 is 2.11 bits per heavy atom. The summed E-state index contributed by atoms with van der Waals surface area (Å²) in [5.41, 5.74) is 0.608. The molecule has 98 valence electrons. The Hall–Kier alpha value is -1.67.